The molecule has 0 aliphatic rings. The molecular weight excluding hydrogens is 264 g/mol. The molecule has 0 heterocycles. The van der Waals surface area contributed by atoms with Gasteiger partial charge in [-0.25, -0.2) is 0 Å². The molecule has 4 heteroatoms. The van der Waals surface area contributed by atoms with E-state index in [2.05, 4.69) is 13.8 Å². The van der Waals surface area contributed by atoms with Gasteiger partial charge in [0, 0.05) is 12.0 Å². The maximum absolute atomic E-state index is 11.7. The quantitative estimate of drug-likeness (QED) is 0.710. The third kappa shape index (κ3) is 4.13. The number of ketones is 1. The molecule has 106 valence electrons. The van der Waals surface area contributed by atoms with E-state index in [0.29, 0.717) is 36.0 Å². The monoisotopic (exact) mass is 284 g/mol. The summed E-state index contributed by atoms with van der Waals surface area (Å²) in [5.74, 6) is 1.56. The first-order chi connectivity index (χ1) is 9.01. The summed E-state index contributed by atoms with van der Waals surface area (Å²) in [5, 5.41) is -0.692. The molecule has 1 unspecified atom stereocenters. The summed E-state index contributed by atoms with van der Waals surface area (Å²) in [6.07, 6.45) is 0.397. The molecule has 1 aromatic carbocycles. The smallest absolute Gasteiger partial charge is 0.165 e. The zero-order valence-corrected chi connectivity index (χ0v) is 12.7. The van der Waals surface area contributed by atoms with Crippen LogP contribution in [0.2, 0.25) is 0 Å². The Labute approximate surface area is 119 Å². The van der Waals surface area contributed by atoms with Gasteiger partial charge in [0.1, 0.15) is 5.38 Å². The topological polar surface area (TPSA) is 35.5 Å². The molecule has 0 spiro atoms. The summed E-state index contributed by atoms with van der Waals surface area (Å²) in [7, 11) is 1.56. The van der Waals surface area contributed by atoms with E-state index in [1.807, 2.05) is 12.1 Å². The van der Waals surface area contributed by atoms with Crippen molar-refractivity contribution in [3.63, 3.8) is 0 Å². The van der Waals surface area contributed by atoms with E-state index >= 15 is 0 Å². The number of halogens is 1. The van der Waals surface area contributed by atoms with E-state index in [-0.39, 0.29) is 5.78 Å². The van der Waals surface area contributed by atoms with Crippen LogP contribution in [0.3, 0.4) is 0 Å². The molecule has 0 aliphatic heterocycles. The molecule has 0 fully saturated rings. The number of rotatable bonds is 7. The molecule has 3 nitrogen and oxygen atoms in total. The molecule has 0 amide bonds. The number of methoxy groups -OCH3 is 1. The summed E-state index contributed by atoms with van der Waals surface area (Å²) < 4.78 is 11.1. The number of Topliss-reactive ketones (excluding diaryl/α,β-unsaturated/α-hetero) is 1. The second-order valence-electron chi connectivity index (χ2n) is 4.77. The third-order valence-electron chi connectivity index (χ3n) is 2.69. The van der Waals surface area contributed by atoms with Crippen molar-refractivity contribution in [1.82, 2.24) is 0 Å². The average molecular weight is 285 g/mol. The Morgan fingerprint density at radius 2 is 2.05 bits per heavy atom. The Balaban J connectivity index is 3.05. The fourth-order valence-corrected chi connectivity index (χ4v) is 2.00. The van der Waals surface area contributed by atoms with Crippen molar-refractivity contribution < 1.29 is 14.3 Å². The first-order valence-electron chi connectivity index (χ1n) is 6.47. The van der Waals surface area contributed by atoms with Crippen LogP contribution in [0.25, 0.3) is 0 Å². The SMILES string of the molecule is CCC(=O)C(Cl)c1cccc(OCC(C)C)c1OC. The molecule has 1 aromatic rings. The van der Waals surface area contributed by atoms with Crippen LogP contribution in [0.5, 0.6) is 11.5 Å². The lowest BCUT2D eigenvalue weighted by molar-refractivity contribution is -0.118. The highest BCUT2D eigenvalue weighted by molar-refractivity contribution is 6.31. The van der Waals surface area contributed by atoms with Crippen LogP contribution < -0.4 is 9.47 Å². The van der Waals surface area contributed by atoms with Crippen LogP contribution >= 0.6 is 11.6 Å². The van der Waals surface area contributed by atoms with Crippen molar-refractivity contribution >= 4 is 17.4 Å². The predicted octanol–water partition coefficient (Wildman–Crippen LogP) is 3.99. The van der Waals surface area contributed by atoms with Crippen LogP contribution in [0.4, 0.5) is 0 Å². The van der Waals surface area contributed by atoms with Crippen molar-refractivity contribution in [3.8, 4) is 11.5 Å². The summed E-state index contributed by atoms with van der Waals surface area (Å²) >= 11 is 6.19. The van der Waals surface area contributed by atoms with E-state index in [9.17, 15) is 4.79 Å². The third-order valence-corrected chi connectivity index (χ3v) is 3.17. The van der Waals surface area contributed by atoms with Gasteiger partial charge in [-0.1, -0.05) is 32.9 Å². The van der Waals surface area contributed by atoms with Crippen LogP contribution in [-0.2, 0) is 4.79 Å². The van der Waals surface area contributed by atoms with Crippen molar-refractivity contribution in [3.05, 3.63) is 23.8 Å². The van der Waals surface area contributed by atoms with Crippen LogP contribution in [0.1, 0.15) is 38.1 Å². The lowest BCUT2D eigenvalue weighted by Gasteiger charge is -2.17. The van der Waals surface area contributed by atoms with E-state index in [1.54, 1.807) is 20.1 Å². The second-order valence-corrected chi connectivity index (χ2v) is 5.20. The van der Waals surface area contributed by atoms with Crippen LogP contribution in [-0.4, -0.2) is 19.5 Å². The van der Waals surface area contributed by atoms with Crippen molar-refractivity contribution in [2.75, 3.05) is 13.7 Å². The van der Waals surface area contributed by atoms with Gasteiger partial charge in [0.2, 0.25) is 0 Å². The Morgan fingerprint density at radius 1 is 1.37 bits per heavy atom. The number of ether oxygens (including phenoxy) is 2. The maximum atomic E-state index is 11.7. The van der Waals surface area contributed by atoms with Gasteiger partial charge in [-0.2, -0.15) is 0 Å². The van der Waals surface area contributed by atoms with E-state index in [4.69, 9.17) is 21.1 Å². The van der Waals surface area contributed by atoms with Crippen molar-refractivity contribution in [1.29, 1.82) is 0 Å². The molecule has 0 radical (unpaired) electrons. The van der Waals surface area contributed by atoms with Gasteiger partial charge in [-0.3, -0.25) is 4.79 Å². The van der Waals surface area contributed by atoms with Gasteiger partial charge in [-0.15, -0.1) is 11.6 Å². The minimum atomic E-state index is -0.692. The minimum absolute atomic E-state index is 0.0269. The largest absolute Gasteiger partial charge is 0.493 e. The summed E-state index contributed by atoms with van der Waals surface area (Å²) in [5.41, 5.74) is 0.664. The van der Waals surface area contributed by atoms with Gasteiger partial charge >= 0.3 is 0 Å². The minimum Gasteiger partial charge on any atom is -0.493 e. The van der Waals surface area contributed by atoms with Crippen LogP contribution in [0.15, 0.2) is 18.2 Å². The highest BCUT2D eigenvalue weighted by Gasteiger charge is 2.22. The van der Waals surface area contributed by atoms with Gasteiger partial charge in [0.25, 0.3) is 0 Å². The molecule has 0 saturated heterocycles. The number of carbonyl (C=O) groups excluding carboxylic acids is 1. The van der Waals surface area contributed by atoms with Gasteiger partial charge in [-0.05, 0) is 12.0 Å². The molecule has 0 aliphatic carbocycles. The van der Waals surface area contributed by atoms with Gasteiger partial charge < -0.3 is 9.47 Å². The maximum Gasteiger partial charge on any atom is 0.165 e. The molecule has 19 heavy (non-hydrogen) atoms. The fourth-order valence-electron chi connectivity index (χ4n) is 1.67. The summed E-state index contributed by atoms with van der Waals surface area (Å²) in [4.78, 5) is 11.7. The lowest BCUT2D eigenvalue weighted by atomic mass is 10.1. The summed E-state index contributed by atoms with van der Waals surface area (Å²) in [6.45, 7) is 6.53. The zero-order chi connectivity index (χ0) is 14.4. The lowest BCUT2D eigenvalue weighted by Crippen LogP contribution is -2.09. The molecular formula is C15H21ClO3. The highest BCUT2D eigenvalue weighted by Crippen LogP contribution is 2.38. The standard InChI is InChI=1S/C15H21ClO3/c1-5-12(17)14(16)11-7-6-8-13(15(11)18-4)19-9-10(2)3/h6-8,10,14H,5,9H2,1-4H3. The fraction of sp³-hybridized carbons (Fsp3) is 0.533. The molecule has 0 N–H and O–H groups in total. The number of hydrogen-bond donors (Lipinski definition) is 0. The molecule has 0 aromatic heterocycles. The highest BCUT2D eigenvalue weighted by atomic mass is 35.5. The van der Waals surface area contributed by atoms with E-state index < -0.39 is 5.38 Å². The second kappa shape index (κ2) is 7.39. The van der Waals surface area contributed by atoms with Crippen molar-refractivity contribution in [2.24, 2.45) is 5.92 Å². The number of para-hydroxylation sites is 1. The summed E-state index contributed by atoms with van der Waals surface area (Å²) in [6, 6.07) is 5.45. The number of benzene rings is 1. The molecule has 0 saturated carbocycles. The Hall–Kier alpha value is -1.22. The van der Waals surface area contributed by atoms with E-state index in [1.165, 1.54) is 0 Å². The zero-order valence-electron chi connectivity index (χ0n) is 11.9. The van der Waals surface area contributed by atoms with Gasteiger partial charge in [0.05, 0.1) is 13.7 Å². The average Bonchev–Trinajstić information content (AvgIpc) is 2.42. The van der Waals surface area contributed by atoms with E-state index in [0.717, 1.165) is 0 Å². The number of alkyl halides is 1. The predicted molar refractivity (Wildman–Crippen MR) is 77.2 cm³/mol. The Bertz CT molecular complexity index is 429. The van der Waals surface area contributed by atoms with Crippen LogP contribution in [0, 0.1) is 5.92 Å². The number of hydrogen-bond acceptors (Lipinski definition) is 3. The molecule has 1 rings (SSSR count). The Kier molecular flexibility index (Phi) is 6.16. The Morgan fingerprint density at radius 3 is 2.58 bits per heavy atom. The first kappa shape index (κ1) is 15.8. The van der Waals surface area contributed by atoms with Gasteiger partial charge in [0.15, 0.2) is 17.3 Å². The molecule has 1 atom stereocenters. The normalized spacial score (nSPS) is 12.3. The molecule has 0 bridgehead atoms. The number of carbonyl (C=O) groups is 1. The van der Waals surface area contributed by atoms with Crippen molar-refractivity contribution in [2.45, 2.75) is 32.6 Å². The first-order valence-corrected chi connectivity index (χ1v) is 6.91.